The van der Waals surface area contributed by atoms with E-state index in [4.69, 9.17) is 5.26 Å². The highest BCUT2D eigenvalue weighted by molar-refractivity contribution is 5.99. The van der Waals surface area contributed by atoms with Gasteiger partial charge in [-0.2, -0.15) is 10.4 Å². The van der Waals surface area contributed by atoms with E-state index in [0.29, 0.717) is 18.5 Å². The maximum atomic E-state index is 12.9. The van der Waals surface area contributed by atoms with Crippen LogP contribution >= 0.6 is 0 Å². The molecule has 0 saturated heterocycles. The number of fused-ring (bicyclic) bond motifs is 1. The van der Waals surface area contributed by atoms with Crippen molar-refractivity contribution in [3.05, 3.63) is 52.6 Å². The summed E-state index contributed by atoms with van der Waals surface area (Å²) in [6, 6.07) is 8.13. The second-order valence-corrected chi connectivity index (χ2v) is 4.84. The van der Waals surface area contributed by atoms with Crippen LogP contribution in [-0.4, -0.2) is 15.6 Å². The first-order valence-corrected chi connectivity index (χ1v) is 6.46. The molecule has 0 atom stereocenters. The Hall–Kier alpha value is -2.48. The van der Waals surface area contributed by atoms with E-state index in [9.17, 15) is 9.18 Å². The van der Waals surface area contributed by atoms with Crippen molar-refractivity contribution in [1.29, 1.82) is 5.26 Å². The van der Waals surface area contributed by atoms with Crippen LogP contribution in [0.2, 0.25) is 0 Å². The molecule has 1 aliphatic carbocycles. The van der Waals surface area contributed by atoms with Crippen LogP contribution in [0.5, 0.6) is 0 Å². The number of hydrogen-bond donors (Lipinski definition) is 0. The molecule has 0 fully saturated rings. The van der Waals surface area contributed by atoms with Gasteiger partial charge in [0.2, 0.25) is 0 Å². The summed E-state index contributed by atoms with van der Waals surface area (Å²) in [4.78, 5) is 11.9. The number of halogens is 1. The highest BCUT2D eigenvalue weighted by Gasteiger charge is 2.26. The van der Waals surface area contributed by atoms with Gasteiger partial charge in [-0.05, 0) is 30.5 Å². The number of nitrogens with zero attached hydrogens (tertiary/aromatic N) is 3. The molecule has 5 heteroatoms. The van der Waals surface area contributed by atoms with E-state index in [-0.39, 0.29) is 17.3 Å². The third-order valence-electron chi connectivity index (χ3n) is 3.51. The van der Waals surface area contributed by atoms with Gasteiger partial charge in [-0.1, -0.05) is 12.1 Å². The van der Waals surface area contributed by atoms with Gasteiger partial charge in [0.15, 0.2) is 11.5 Å². The number of aromatic nitrogens is 2. The Morgan fingerprint density at radius 2 is 2.05 bits per heavy atom. The molecule has 4 nitrogen and oxygen atoms in total. The van der Waals surface area contributed by atoms with Crippen molar-refractivity contribution in [3.8, 4) is 6.07 Å². The Morgan fingerprint density at radius 1 is 1.30 bits per heavy atom. The van der Waals surface area contributed by atoms with Gasteiger partial charge in [0.1, 0.15) is 11.9 Å². The monoisotopic (exact) mass is 269 g/mol. The lowest BCUT2D eigenvalue weighted by molar-refractivity contribution is 0.0971. The molecular formula is C15H12FN3O. The topological polar surface area (TPSA) is 58.7 Å². The maximum absolute atomic E-state index is 12.9. The Labute approximate surface area is 115 Å². The first-order chi connectivity index (χ1) is 9.69. The fourth-order valence-electron chi connectivity index (χ4n) is 2.56. The number of ketones is 1. The molecule has 1 aliphatic rings. The molecule has 0 saturated carbocycles. The third kappa shape index (κ3) is 2.10. The number of nitriles is 1. The van der Waals surface area contributed by atoms with Crippen LogP contribution < -0.4 is 0 Å². The molecule has 0 N–H and O–H groups in total. The lowest BCUT2D eigenvalue weighted by Gasteiger charge is -2.13. The zero-order valence-electron chi connectivity index (χ0n) is 10.8. The summed E-state index contributed by atoms with van der Waals surface area (Å²) in [6.07, 6.45) is 2.01. The number of benzene rings is 1. The summed E-state index contributed by atoms with van der Waals surface area (Å²) in [5, 5.41) is 13.3. The van der Waals surface area contributed by atoms with Crippen molar-refractivity contribution in [2.45, 2.75) is 25.8 Å². The van der Waals surface area contributed by atoms with Crippen LogP contribution in [0, 0.1) is 17.1 Å². The fourth-order valence-corrected chi connectivity index (χ4v) is 2.56. The molecule has 0 unspecified atom stereocenters. The third-order valence-corrected chi connectivity index (χ3v) is 3.51. The summed E-state index contributed by atoms with van der Waals surface area (Å²) in [6.45, 7) is 0.442. The van der Waals surface area contributed by atoms with Gasteiger partial charge in [0, 0.05) is 6.42 Å². The van der Waals surface area contributed by atoms with E-state index in [2.05, 4.69) is 5.10 Å². The lowest BCUT2D eigenvalue weighted by atomic mass is 9.94. The number of Topliss-reactive ketones (excluding diaryl/α,β-unsaturated/α-hetero) is 1. The van der Waals surface area contributed by atoms with E-state index in [0.717, 1.165) is 24.1 Å². The summed E-state index contributed by atoms with van der Waals surface area (Å²) < 4.78 is 14.6. The zero-order chi connectivity index (χ0) is 14.1. The van der Waals surface area contributed by atoms with Crippen molar-refractivity contribution < 1.29 is 9.18 Å². The van der Waals surface area contributed by atoms with Crippen LogP contribution in [0.1, 0.15) is 40.2 Å². The quantitative estimate of drug-likeness (QED) is 0.841. The predicted octanol–water partition coefficient (Wildman–Crippen LogP) is 2.46. The Kier molecular flexibility index (Phi) is 3.07. The van der Waals surface area contributed by atoms with Crippen molar-refractivity contribution in [2.24, 2.45) is 0 Å². The first-order valence-electron chi connectivity index (χ1n) is 6.46. The first kappa shape index (κ1) is 12.5. The standard InChI is InChI=1S/C15H12FN3O/c16-11-6-4-10(5-7-11)9-19-13-2-1-3-14(20)15(13)12(8-17)18-19/h4-7H,1-3,9H2. The van der Waals surface area contributed by atoms with E-state index in [1.54, 1.807) is 16.8 Å². The number of carbonyl (C=O) groups excluding carboxylic acids is 1. The van der Waals surface area contributed by atoms with Gasteiger partial charge in [-0.3, -0.25) is 9.48 Å². The molecule has 0 radical (unpaired) electrons. The minimum Gasteiger partial charge on any atom is -0.294 e. The van der Waals surface area contributed by atoms with Gasteiger partial charge >= 0.3 is 0 Å². The lowest BCUT2D eigenvalue weighted by Crippen LogP contribution is -2.14. The zero-order valence-corrected chi connectivity index (χ0v) is 10.8. The van der Waals surface area contributed by atoms with E-state index < -0.39 is 0 Å². The summed E-state index contributed by atoms with van der Waals surface area (Å²) >= 11 is 0. The highest BCUT2D eigenvalue weighted by Crippen LogP contribution is 2.24. The number of rotatable bonds is 2. The summed E-state index contributed by atoms with van der Waals surface area (Å²) in [7, 11) is 0. The highest BCUT2D eigenvalue weighted by atomic mass is 19.1. The Balaban J connectivity index is 2.00. The SMILES string of the molecule is N#Cc1nn(Cc2ccc(F)cc2)c2c1C(=O)CCC2. The number of carbonyl (C=O) groups is 1. The minimum absolute atomic E-state index is 0.00634. The second kappa shape index (κ2) is 4.89. The molecule has 0 bridgehead atoms. The fraction of sp³-hybridized carbons (Fsp3) is 0.267. The van der Waals surface area contributed by atoms with E-state index in [1.165, 1.54) is 12.1 Å². The summed E-state index contributed by atoms with van der Waals surface area (Å²) in [5.74, 6) is -0.294. The van der Waals surface area contributed by atoms with Gasteiger partial charge in [0.25, 0.3) is 0 Å². The van der Waals surface area contributed by atoms with Gasteiger partial charge in [0.05, 0.1) is 17.8 Å². The van der Waals surface area contributed by atoms with Crippen molar-refractivity contribution in [3.63, 3.8) is 0 Å². The molecular weight excluding hydrogens is 257 g/mol. The Morgan fingerprint density at radius 3 is 2.75 bits per heavy atom. The molecule has 0 spiro atoms. The number of hydrogen-bond acceptors (Lipinski definition) is 3. The van der Waals surface area contributed by atoms with Crippen LogP contribution in [0.3, 0.4) is 0 Å². The normalized spacial score (nSPS) is 13.9. The van der Waals surface area contributed by atoms with Crippen molar-refractivity contribution >= 4 is 5.78 Å². The second-order valence-electron chi connectivity index (χ2n) is 4.84. The van der Waals surface area contributed by atoms with Crippen molar-refractivity contribution in [2.75, 3.05) is 0 Å². The predicted molar refractivity (Wildman–Crippen MR) is 69.7 cm³/mol. The largest absolute Gasteiger partial charge is 0.294 e. The van der Waals surface area contributed by atoms with Gasteiger partial charge in [-0.25, -0.2) is 4.39 Å². The molecule has 1 aromatic heterocycles. The maximum Gasteiger partial charge on any atom is 0.173 e. The van der Waals surface area contributed by atoms with Crippen LogP contribution in [-0.2, 0) is 13.0 Å². The summed E-state index contributed by atoms with van der Waals surface area (Å²) in [5.41, 5.74) is 2.38. The molecule has 0 amide bonds. The minimum atomic E-state index is -0.288. The van der Waals surface area contributed by atoms with Crippen LogP contribution in [0.15, 0.2) is 24.3 Å². The smallest absolute Gasteiger partial charge is 0.173 e. The van der Waals surface area contributed by atoms with E-state index >= 15 is 0 Å². The average molecular weight is 269 g/mol. The van der Waals surface area contributed by atoms with Gasteiger partial charge < -0.3 is 0 Å². The van der Waals surface area contributed by atoms with Crippen LogP contribution in [0.25, 0.3) is 0 Å². The molecule has 2 aromatic rings. The van der Waals surface area contributed by atoms with Crippen LogP contribution in [0.4, 0.5) is 4.39 Å². The Bertz CT molecular complexity index is 710. The van der Waals surface area contributed by atoms with Gasteiger partial charge in [-0.15, -0.1) is 0 Å². The molecule has 20 heavy (non-hydrogen) atoms. The molecule has 1 heterocycles. The molecule has 3 rings (SSSR count). The molecule has 0 aliphatic heterocycles. The van der Waals surface area contributed by atoms with Crippen molar-refractivity contribution in [1.82, 2.24) is 9.78 Å². The molecule has 1 aromatic carbocycles. The molecule has 100 valence electrons. The average Bonchev–Trinajstić information content (AvgIpc) is 2.81. The van der Waals surface area contributed by atoms with E-state index in [1.807, 2.05) is 6.07 Å².